The van der Waals surface area contributed by atoms with E-state index >= 15 is 0 Å². The van der Waals surface area contributed by atoms with Gasteiger partial charge in [-0.05, 0) is 75.2 Å². The first-order valence-corrected chi connectivity index (χ1v) is 17.5. The minimum atomic E-state index is 0.345. The second kappa shape index (κ2) is 11.8. The largest absolute Gasteiger partial charge is 0.292 e. The molecule has 4 heteroatoms. The monoisotopic (exact) mass is 664 g/mol. The number of rotatable bonds is 5. The molecule has 3 aromatic heterocycles. The van der Waals surface area contributed by atoms with Crippen LogP contribution in [0.2, 0.25) is 0 Å². The van der Waals surface area contributed by atoms with Crippen LogP contribution in [0.4, 0.5) is 0 Å². The smallest absolute Gasteiger partial charge is 0.146 e. The van der Waals surface area contributed by atoms with Crippen molar-refractivity contribution in [3.05, 3.63) is 188 Å². The number of hydrogen-bond donors (Lipinski definition) is 1. The number of nitrogens with one attached hydrogen (secondary N) is 1. The summed E-state index contributed by atoms with van der Waals surface area (Å²) in [5.41, 5.74) is 12.3. The highest BCUT2D eigenvalue weighted by Gasteiger charge is 2.21. The minimum absolute atomic E-state index is 0.345. The van der Waals surface area contributed by atoms with Crippen LogP contribution in [0, 0.1) is 5.41 Å². The third-order valence-electron chi connectivity index (χ3n) is 10.3. The summed E-state index contributed by atoms with van der Waals surface area (Å²) in [6.45, 7) is 4.19. The normalized spacial score (nSPS) is 12.1. The molecule has 0 aliphatic heterocycles. The zero-order valence-corrected chi connectivity index (χ0v) is 28.3. The number of hydrogen-bond acceptors (Lipinski definition) is 2. The molecule has 0 radical (unpaired) electrons. The van der Waals surface area contributed by atoms with Crippen LogP contribution in [0.1, 0.15) is 5.56 Å². The molecular weight excluding hydrogens is 633 g/mol. The van der Waals surface area contributed by atoms with Gasteiger partial charge in [0.05, 0.1) is 22.1 Å². The first-order chi connectivity index (χ1) is 25.7. The molecule has 0 aliphatic carbocycles. The third-order valence-corrected chi connectivity index (χ3v) is 10.3. The van der Waals surface area contributed by atoms with E-state index in [1.54, 1.807) is 0 Å². The summed E-state index contributed by atoms with van der Waals surface area (Å²) in [4.78, 5) is 5.39. The van der Waals surface area contributed by atoms with Crippen molar-refractivity contribution in [3.63, 3.8) is 0 Å². The molecule has 0 fully saturated rings. The SMILES string of the molecule is C=C/C(=C\C(=N)n1c2ccccc2c2ccc3c(nc4c5ccccc5c5ccccc5n34)c21)c1cccc(-c2ccc(-c3ccccc3)cc2)c1. The number of nitrogens with zero attached hydrogens (tertiary/aromatic N) is 3. The molecule has 3 heterocycles. The number of pyridine rings is 1. The summed E-state index contributed by atoms with van der Waals surface area (Å²) < 4.78 is 4.33. The van der Waals surface area contributed by atoms with Crippen molar-refractivity contribution in [3.8, 4) is 22.3 Å². The topological polar surface area (TPSA) is 46.1 Å². The fourth-order valence-corrected chi connectivity index (χ4v) is 7.91. The maximum atomic E-state index is 9.69. The summed E-state index contributed by atoms with van der Waals surface area (Å²) in [6.07, 6.45) is 3.77. The van der Waals surface area contributed by atoms with Gasteiger partial charge < -0.3 is 0 Å². The van der Waals surface area contributed by atoms with Crippen molar-refractivity contribution in [2.75, 3.05) is 0 Å². The average Bonchev–Trinajstić information content (AvgIpc) is 3.77. The lowest BCUT2D eigenvalue weighted by Crippen LogP contribution is -2.08. The van der Waals surface area contributed by atoms with Gasteiger partial charge in [0, 0.05) is 21.5 Å². The highest BCUT2D eigenvalue weighted by molar-refractivity contribution is 6.24. The quantitative estimate of drug-likeness (QED) is 0.0846. The summed E-state index contributed by atoms with van der Waals surface area (Å²) in [5, 5.41) is 15.3. The maximum Gasteiger partial charge on any atom is 0.146 e. The van der Waals surface area contributed by atoms with Crippen LogP contribution in [0.3, 0.4) is 0 Å². The van der Waals surface area contributed by atoms with Gasteiger partial charge in [0.2, 0.25) is 0 Å². The van der Waals surface area contributed by atoms with E-state index in [1.165, 1.54) is 21.9 Å². The molecule has 1 N–H and O–H groups in total. The van der Waals surface area contributed by atoms with Crippen molar-refractivity contribution in [2.24, 2.45) is 0 Å². The van der Waals surface area contributed by atoms with Crippen LogP contribution >= 0.6 is 0 Å². The van der Waals surface area contributed by atoms with Gasteiger partial charge in [-0.15, -0.1) is 0 Å². The van der Waals surface area contributed by atoms with E-state index < -0.39 is 0 Å². The standard InChI is InChI=1S/C48H32N4/c1-2-31(35-15-12-16-36(29-35)34-25-23-33(24-26-34)32-13-4-3-5-14-32)30-45(49)52-43-22-11-9-19-39(43)40-27-28-44-46(47(40)52)50-48-41-20-7-6-17-37(41)38-18-8-10-21-42(38)51(44)48/h2-30,49H,1H2/b31-30+,49-45?. The first-order valence-electron chi connectivity index (χ1n) is 17.5. The van der Waals surface area contributed by atoms with E-state index in [1.807, 2.05) is 24.3 Å². The molecule has 0 saturated heterocycles. The number of aromatic nitrogens is 3. The third kappa shape index (κ3) is 4.55. The average molecular weight is 665 g/mol. The molecule has 10 rings (SSSR count). The molecule has 0 spiro atoms. The Labute approximate surface area is 300 Å². The zero-order valence-electron chi connectivity index (χ0n) is 28.3. The molecule has 10 aromatic rings. The van der Waals surface area contributed by atoms with Crippen LogP contribution in [0.15, 0.2) is 183 Å². The Hall–Kier alpha value is -7.04. The van der Waals surface area contributed by atoms with Crippen molar-refractivity contribution in [1.82, 2.24) is 14.0 Å². The molecule has 0 bridgehead atoms. The highest BCUT2D eigenvalue weighted by Crippen LogP contribution is 2.38. The van der Waals surface area contributed by atoms with Gasteiger partial charge in [0.1, 0.15) is 17.0 Å². The predicted octanol–water partition coefficient (Wildman–Crippen LogP) is 12.3. The van der Waals surface area contributed by atoms with Gasteiger partial charge in [-0.1, -0.05) is 146 Å². The van der Waals surface area contributed by atoms with E-state index in [4.69, 9.17) is 4.98 Å². The molecule has 244 valence electrons. The molecule has 0 atom stereocenters. The highest BCUT2D eigenvalue weighted by atomic mass is 15.1. The van der Waals surface area contributed by atoms with Gasteiger partial charge >= 0.3 is 0 Å². The lowest BCUT2D eigenvalue weighted by molar-refractivity contribution is 1.24. The predicted molar refractivity (Wildman–Crippen MR) is 219 cm³/mol. The van der Waals surface area contributed by atoms with E-state index in [9.17, 15) is 5.41 Å². The van der Waals surface area contributed by atoms with E-state index in [0.717, 1.165) is 71.7 Å². The van der Waals surface area contributed by atoms with E-state index in [-0.39, 0.29) is 0 Å². The second-order valence-corrected chi connectivity index (χ2v) is 13.2. The number of para-hydroxylation sites is 2. The molecular formula is C48H32N4. The molecule has 0 amide bonds. The van der Waals surface area contributed by atoms with Crippen LogP contribution in [0.25, 0.3) is 88.0 Å². The molecule has 4 nitrogen and oxygen atoms in total. The van der Waals surface area contributed by atoms with Gasteiger partial charge in [-0.25, -0.2) is 4.98 Å². The van der Waals surface area contributed by atoms with Crippen molar-refractivity contribution >= 4 is 71.6 Å². The van der Waals surface area contributed by atoms with Gasteiger partial charge in [-0.2, -0.15) is 0 Å². The Morgan fingerprint density at radius 3 is 1.87 bits per heavy atom. The van der Waals surface area contributed by atoms with Crippen LogP contribution in [-0.4, -0.2) is 19.8 Å². The molecule has 52 heavy (non-hydrogen) atoms. The van der Waals surface area contributed by atoms with Gasteiger partial charge in [-0.3, -0.25) is 14.4 Å². The lowest BCUT2D eigenvalue weighted by atomic mass is 9.97. The van der Waals surface area contributed by atoms with E-state index in [2.05, 4.69) is 167 Å². The Balaban J connectivity index is 1.14. The lowest BCUT2D eigenvalue weighted by Gasteiger charge is -2.11. The molecule has 0 saturated carbocycles. The zero-order chi connectivity index (χ0) is 34.8. The summed E-state index contributed by atoms with van der Waals surface area (Å²) in [6, 6.07) is 57.3. The van der Waals surface area contributed by atoms with Gasteiger partial charge in [0.25, 0.3) is 0 Å². The maximum absolute atomic E-state index is 9.69. The molecule has 7 aromatic carbocycles. The Kier molecular flexibility index (Phi) is 6.76. The number of imidazole rings is 1. The van der Waals surface area contributed by atoms with Crippen molar-refractivity contribution < 1.29 is 0 Å². The van der Waals surface area contributed by atoms with Gasteiger partial charge in [0.15, 0.2) is 0 Å². The molecule has 0 aliphatic rings. The second-order valence-electron chi connectivity index (χ2n) is 13.2. The summed E-state index contributed by atoms with van der Waals surface area (Å²) in [7, 11) is 0. The van der Waals surface area contributed by atoms with Crippen LogP contribution < -0.4 is 0 Å². The number of benzene rings is 7. The molecule has 0 unspecified atom stereocenters. The first kappa shape index (κ1) is 29.8. The summed E-state index contributed by atoms with van der Waals surface area (Å²) >= 11 is 0. The van der Waals surface area contributed by atoms with Crippen molar-refractivity contribution in [1.29, 1.82) is 5.41 Å². The van der Waals surface area contributed by atoms with Crippen LogP contribution in [0.5, 0.6) is 0 Å². The van der Waals surface area contributed by atoms with Crippen molar-refractivity contribution in [2.45, 2.75) is 0 Å². The summed E-state index contributed by atoms with van der Waals surface area (Å²) in [5.74, 6) is 0.345. The Bertz CT molecular complexity index is 3090. The fourth-order valence-electron chi connectivity index (χ4n) is 7.91. The van der Waals surface area contributed by atoms with Crippen LogP contribution in [-0.2, 0) is 0 Å². The number of allylic oxidation sites excluding steroid dienone is 3. The Morgan fingerprint density at radius 2 is 1.12 bits per heavy atom. The number of fused-ring (bicyclic) bond motifs is 12. The Morgan fingerprint density at radius 1 is 0.519 bits per heavy atom. The fraction of sp³-hybridized carbons (Fsp3) is 0. The minimum Gasteiger partial charge on any atom is -0.292 e. The van der Waals surface area contributed by atoms with E-state index in [0.29, 0.717) is 5.84 Å².